The van der Waals surface area contributed by atoms with Gasteiger partial charge in [0.25, 0.3) is 0 Å². The molecule has 0 aromatic heterocycles. The maximum atomic E-state index is 9.84. The van der Waals surface area contributed by atoms with Crippen molar-refractivity contribution in [3.63, 3.8) is 0 Å². The molecule has 0 saturated carbocycles. The van der Waals surface area contributed by atoms with Crippen molar-refractivity contribution in [2.75, 3.05) is 7.11 Å². The summed E-state index contributed by atoms with van der Waals surface area (Å²) >= 11 is 0. The summed E-state index contributed by atoms with van der Waals surface area (Å²) in [6.45, 7) is 3.66. The molecule has 0 bridgehead atoms. The van der Waals surface area contributed by atoms with Crippen molar-refractivity contribution >= 4 is 12.4 Å². The lowest BCUT2D eigenvalue weighted by atomic mass is 10.7. The van der Waals surface area contributed by atoms with Crippen LogP contribution in [0.2, 0.25) is 0 Å². The zero-order valence-corrected chi connectivity index (χ0v) is 4.96. The fraction of sp³-hybridized carbons (Fsp3) is 0.200. The molecule has 9 heavy (non-hydrogen) atoms. The van der Waals surface area contributed by atoms with E-state index in [2.05, 4.69) is 11.3 Å². The van der Waals surface area contributed by atoms with Crippen LogP contribution in [0.4, 0.5) is 0 Å². The molecular formula is C5H7O4. The highest BCUT2D eigenvalue weighted by Gasteiger charge is 1.81. The largest absolute Gasteiger partial charge is 0.473 e. The molecule has 0 aliphatic carbocycles. The number of rotatable bonds is 1. The van der Waals surface area contributed by atoms with Crippen LogP contribution >= 0.6 is 0 Å². The Balaban J connectivity index is 0. The number of ether oxygens (including phenoxy) is 1. The van der Waals surface area contributed by atoms with Crippen LogP contribution in [0.1, 0.15) is 0 Å². The number of methoxy groups -OCH3 is 1. The number of carbonyl (C=O) groups excluding carboxylic acids is 1. The third kappa shape index (κ3) is 20.4. The van der Waals surface area contributed by atoms with Gasteiger partial charge in [0.05, 0.1) is 7.11 Å². The molecule has 0 rings (SSSR count). The lowest BCUT2D eigenvalue weighted by molar-refractivity contribution is -0.134. The van der Waals surface area contributed by atoms with E-state index in [0.29, 0.717) is 6.47 Å². The summed E-state index contributed by atoms with van der Waals surface area (Å²) in [6, 6.07) is 0. The Morgan fingerprint density at radius 1 is 1.89 bits per heavy atom. The van der Waals surface area contributed by atoms with Gasteiger partial charge in [0.15, 0.2) is 0 Å². The van der Waals surface area contributed by atoms with Crippen LogP contribution in [0, 0.1) is 0 Å². The summed E-state index contributed by atoms with van der Waals surface area (Å²) in [4.78, 5) is 18.1. The van der Waals surface area contributed by atoms with Crippen LogP contribution < -0.4 is 0 Å². The Labute approximate surface area is 52.7 Å². The molecule has 0 aliphatic rings. The van der Waals surface area contributed by atoms with Gasteiger partial charge in [0.1, 0.15) is 0 Å². The van der Waals surface area contributed by atoms with E-state index < -0.39 is 5.97 Å². The van der Waals surface area contributed by atoms with Crippen molar-refractivity contribution in [1.29, 1.82) is 0 Å². The summed E-state index contributed by atoms with van der Waals surface area (Å²) < 4.78 is 4.14. The molecule has 0 aromatic carbocycles. The second kappa shape index (κ2) is 9.84. The highest BCUT2D eigenvalue weighted by Crippen LogP contribution is 1.67. The van der Waals surface area contributed by atoms with Gasteiger partial charge >= 0.3 is 12.4 Å². The Morgan fingerprint density at radius 2 is 2.22 bits per heavy atom. The third-order valence-electron chi connectivity index (χ3n) is 0.368. The van der Waals surface area contributed by atoms with Crippen molar-refractivity contribution in [2.45, 2.75) is 0 Å². The van der Waals surface area contributed by atoms with E-state index in [1.54, 1.807) is 0 Å². The van der Waals surface area contributed by atoms with Crippen LogP contribution in [0.15, 0.2) is 12.7 Å². The minimum absolute atomic E-state index is 0.394. The van der Waals surface area contributed by atoms with Crippen molar-refractivity contribution in [2.24, 2.45) is 0 Å². The van der Waals surface area contributed by atoms with Crippen LogP contribution in [0.25, 0.3) is 0 Å². The monoisotopic (exact) mass is 131 g/mol. The normalized spacial score (nSPS) is 5.89. The van der Waals surface area contributed by atoms with Gasteiger partial charge in [0, 0.05) is 6.08 Å². The molecule has 4 heteroatoms. The smallest absolute Gasteiger partial charge is 0.414 e. The summed E-state index contributed by atoms with van der Waals surface area (Å²) in [5.74, 6) is -0.394. The molecule has 1 radical (unpaired) electrons. The highest BCUT2D eigenvalue weighted by molar-refractivity contribution is 5.80. The molecule has 51 valence electrons. The standard InChI is InChI=1S/C4H6O2.CHO2/c1-3-4(5)6-2;2-1-3/h3H,1H2,2H3;(H,2,3). The summed E-state index contributed by atoms with van der Waals surface area (Å²) in [6.07, 6.45) is 1.11. The van der Waals surface area contributed by atoms with Gasteiger partial charge in [-0.15, -0.1) is 0 Å². The molecule has 0 saturated heterocycles. The first-order valence-electron chi connectivity index (χ1n) is 1.94. The molecule has 0 amide bonds. The summed E-state index contributed by atoms with van der Waals surface area (Å²) in [5.41, 5.74) is 0. The van der Waals surface area contributed by atoms with E-state index in [0.717, 1.165) is 6.08 Å². The Bertz CT molecular complexity index is 97.1. The molecule has 0 aliphatic heterocycles. The zero-order chi connectivity index (χ0) is 7.70. The molecular weight excluding hydrogens is 124 g/mol. The average molecular weight is 131 g/mol. The third-order valence-corrected chi connectivity index (χ3v) is 0.368. The Morgan fingerprint density at radius 3 is 2.22 bits per heavy atom. The lowest BCUT2D eigenvalue weighted by Crippen LogP contribution is -1.91. The van der Waals surface area contributed by atoms with Crippen LogP contribution in [-0.2, 0) is 14.3 Å². The number of carbonyl (C=O) groups is 1. The molecule has 0 fully saturated rings. The van der Waals surface area contributed by atoms with E-state index in [-0.39, 0.29) is 0 Å². The maximum absolute atomic E-state index is 9.84. The first-order valence-corrected chi connectivity index (χ1v) is 1.94. The van der Waals surface area contributed by atoms with Crippen molar-refractivity contribution in [3.8, 4) is 0 Å². The zero-order valence-electron chi connectivity index (χ0n) is 4.96. The van der Waals surface area contributed by atoms with Gasteiger partial charge in [-0.1, -0.05) is 6.58 Å². The predicted octanol–water partition coefficient (Wildman–Crippen LogP) is -0.0430. The lowest BCUT2D eigenvalue weighted by Gasteiger charge is -1.83. The summed E-state index contributed by atoms with van der Waals surface area (Å²) in [7, 11) is 1.31. The summed E-state index contributed by atoms with van der Waals surface area (Å²) in [5, 5.41) is 6.76. The fourth-order valence-electron chi connectivity index (χ4n) is 0.0833. The van der Waals surface area contributed by atoms with Crippen LogP contribution in [0.5, 0.6) is 0 Å². The fourth-order valence-corrected chi connectivity index (χ4v) is 0.0833. The second-order valence-corrected chi connectivity index (χ2v) is 0.819. The van der Waals surface area contributed by atoms with Gasteiger partial charge in [0.2, 0.25) is 0 Å². The Hall–Kier alpha value is -1.32. The van der Waals surface area contributed by atoms with Crippen molar-refractivity contribution in [3.05, 3.63) is 12.7 Å². The SMILES string of the molecule is C=CC(=O)OC.O=[C]O. The van der Waals surface area contributed by atoms with Gasteiger partial charge in [-0.3, -0.25) is 0 Å². The first kappa shape index (κ1) is 10.6. The van der Waals surface area contributed by atoms with Crippen LogP contribution in [-0.4, -0.2) is 24.7 Å². The maximum Gasteiger partial charge on any atom is 0.414 e. The van der Waals surface area contributed by atoms with E-state index in [1.165, 1.54) is 7.11 Å². The Kier molecular flexibility index (Phi) is 11.6. The minimum atomic E-state index is -0.394. The number of hydrogen-bond acceptors (Lipinski definition) is 3. The molecule has 0 aromatic rings. The number of esters is 1. The van der Waals surface area contributed by atoms with Gasteiger partial charge in [-0.05, 0) is 0 Å². The van der Waals surface area contributed by atoms with Gasteiger partial charge < -0.3 is 9.84 Å². The van der Waals surface area contributed by atoms with Gasteiger partial charge in [-0.25, -0.2) is 9.59 Å². The number of hydrogen-bond donors (Lipinski definition) is 1. The van der Waals surface area contributed by atoms with E-state index in [4.69, 9.17) is 9.90 Å². The van der Waals surface area contributed by atoms with Crippen molar-refractivity contribution in [1.82, 2.24) is 0 Å². The van der Waals surface area contributed by atoms with Crippen molar-refractivity contribution < 1.29 is 19.4 Å². The topological polar surface area (TPSA) is 63.6 Å². The molecule has 0 atom stereocenters. The van der Waals surface area contributed by atoms with E-state index in [1.807, 2.05) is 0 Å². The van der Waals surface area contributed by atoms with E-state index in [9.17, 15) is 4.79 Å². The highest BCUT2D eigenvalue weighted by atomic mass is 16.5. The first-order chi connectivity index (χ1) is 4.22. The minimum Gasteiger partial charge on any atom is -0.473 e. The predicted molar refractivity (Wildman–Crippen MR) is 30.5 cm³/mol. The molecule has 1 N–H and O–H groups in total. The average Bonchev–Trinajstić information content (AvgIpc) is 1.88. The second-order valence-electron chi connectivity index (χ2n) is 0.819. The molecule has 0 heterocycles. The van der Waals surface area contributed by atoms with E-state index >= 15 is 0 Å². The number of aliphatic hydroxyl groups excluding tert-OH is 1. The van der Waals surface area contributed by atoms with Gasteiger partial charge in [-0.2, -0.15) is 0 Å². The molecule has 0 unspecified atom stereocenters. The molecule has 4 nitrogen and oxygen atoms in total. The molecule has 0 spiro atoms. The quantitative estimate of drug-likeness (QED) is 0.400. The van der Waals surface area contributed by atoms with Crippen LogP contribution in [0.3, 0.4) is 0 Å².